The number of thiophene rings is 1. The van der Waals surface area contributed by atoms with Crippen molar-refractivity contribution in [2.45, 2.75) is 6.54 Å². The molecule has 0 atom stereocenters. The molecule has 2 heterocycles. The largest absolute Gasteiger partial charge is 0.477 e. The number of carbonyl (C=O) groups is 1. The zero-order valence-corrected chi connectivity index (χ0v) is 10.9. The van der Waals surface area contributed by atoms with E-state index >= 15 is 0 Å². The van der Waals surface area contributed by atoms with Crippen molar-refractivity contribution in [2.24, 2.45) is 0 Å². The Morgan fingerprint density at radius 2 is 1.95 bits per heavy atom. The van der Waals surface area contributed by atoms with Crippen LogP contribution in [0.4, 0.5) is 0 Å². The molecule has 0 fully saturated rings. The van der Waals surface area contributed by atoms with Crippen LogP contribution < -0.4 is 5.43 Å². The van der Waals surface area contributed by atoms with Crippen LogP contribution >= 0.6 is 11.3 Å². The van der Waals surface area contributed by atoms with Crippen LogP contribution in [0.25, 0.3) is 10.1 Å². The molecular formula is C14H12N2O2S. The highest BCUT2D eigenvalue weighted by molar-refractivity contribution is 7.21. The van der Waals surface area contributed by atoms with Crippen LogP contribution in [-0.2, 0) is 6.54 Å². The van der Waals surface area contributed by atoms with Crippen molar-refractivity contribution < 1.29 is 9.90 Å². The fraction of sp³-hybridized carbons (Fsp3) is 0.0714. The van der Waals surface area contributed by atoms with E-state index < -0.39 is 5.97 Å². The summed E-state index contributed by atoms with van der Waals surface area (Å²) in [5, 5.41) is 10.3. The lowest BCUT2D eigenvalue weighted by Gasteiger charge is -2.07. The summed E-state index contributed by atoms with van der Waals surface area (Å²) in [5.41, 5.74) is 4.01. The van der Waals surface area contributed by atoms with Gasteiger partial charge in [0.15, 0.2) is 0 Å². The Bertz CT molecular complexity index is 716. The van der Waals surface area contributed by atoms with Crippen molar-refractivity contribution in [2.75, 3.05) is 5.43 Å². The molecule has 0 bridgehead atoms. The number of hydrogen-bond donors (Lipinski definition) is 2. The molecule has 96 valence electrons. The number of carboxylic acids is 1. The summed E-state index contributed by atoms with van der Waals surface area (Å²) in [5.74, 6) is -0.870. The van der Waals surface area contributed by atoms with Crippen molar-refractivity contribution in [1.82, 2.24) is 4.68 Å². The van der Waals surface area contributed by atoms with Gasteiger partial charge in [0.25, 0.3) is 0 Å². The minimum atomic E-state index is -0.870. The first kappa shape index (κ1) is 11.8. The minimum Gasteiger partial charge on any atom is -0.477 e. The molecular weight excluding hydrogens is 260 g/mol. The van der Waals surface area contributed by atoms with Crippen molar-refractivity contribution in [3.05, 3.63) is 59.2 Å². The van der Waals surface area contributed by atoms with Crippen molar-refractivity contribution in [3.8, 4) is 0 Å². The van der Waals surface area contributed by atoms with Gasteiger partial charge in [0.05, 0.1) is 6.54 Å². The summed E-state index contributed by atoms with van der Waals surface area (Å²) < 4.78 is 2.82. The normalized spacial score (nSPS) is 10.7. The van der Waals surface area contributed by atoms with Gasteiger partial charge in [-0.1, -0.05) is 18.2 Å². The van der Waals surface area contributed by atoms with Gasteiger partial charge in [0, 0.05) is 22.7 Å². The molecule has 3 aromatic rings. The summed E-state index contributed by atoms with van der Waals surface area (Å²) in [4.78, 5) is 11.7. The highest BCUT2D eigenvalue weighted by atomic mass is 32.1. The van der Waals surface area contributed by atoms with Gasteiger partial charge in [-0.2, -0.15) is 0 Å². The van der Waals surface area contributed by atoms with Gasteiger partial charge >= 0.3 is 5.97 Å². The predicted octanol–water partition coefficient (Wildman–Crippen LogP) is 3.14. The molecule has 0 saturated carbocycles. The van der Waals surface area contributed by atoms with Gasteiger partial charge in [-0.25, -0.2) is 4.79 Å². The summed E-state index contributed by atoms with van der Waals surface area (Å²) in [6, 6.07) is 11.6. The van der Waals surface area contributed by atoms with E-state index in [9.17, 15) is 9.90 Å². The molecule has 0 unspecified atom stereocenters. The maximum Gasteiger partial charge on any atom is 0.346 e. The van der Waals surface area contributed by atoms with E-state index in [0.717, 1.165) is 15.6 Å². The van der Waals surface area contributed by atoms with E-state index in [1.165, 1.54) is 11.3 Å². The molecule has 3 rings (SSSR count). The zero-order chi connectivity index (χ0) is 13.2. The van der Waals surface area contributed by atoms with Crippen LogP contribution in [0, 0.1) is 0 Å². The van der Waals surface area contributed by atoms with Gasteiger partial charge in [-0.15, -0.1) is 11.3 Å². The maximum absolute atomic E-state index is 11.3. The molecule has 4 nitrogen and oxygen atoms in total. The number of aromatic carboxylic acids is 1. The van der Waals surface area contributed by atoms with Gasteiger partial charge in [0.1, 0.15) is 4.88 Å². The lowest BCUT2D eigenvalue weighted by Crippen LogP contribution is -2.13. The van der Waals surface area contributed by atoms with E-state index in [-0.39, 0.29) is 0 Å². The van der Waals surface area contributed by atoms with Crippen LogP contribution in [0.2, 0.25) is 0 Å². The van der Waals surface area contributed by atoms with E-state index in [0.29, 0.717) is 11.4 Å². The second-order valence-corrected chi connectivity index (χ2v) is 5.19. The Kier molecular flexibility index (Phi) is 2.97. The molecule has 0 amide bonds. The third-order valence-corrected chi connectivity index (χ3v) is 4.14. The number of aromatic nitrogens is 1. The average molecular weight is 272 g/mol. The molecule has 2 N–H and O–H groups in total. The molecule has 2 aromatic heterocycles. The Labute approximate surface area is 113 Å². The average Bonchev–Trinajstić information content (AvgIpc) is 3.03. The number of carboxylic acid groups (broad SMARTS) is 1. The summed E-state index contributed by atoms with van der Waals surface area (Å²) in [6.45, 7) is 0.486. The van der Waals surface area contributed by atoms with Gasteiger partial charge in [0.2, 0.25) is 0 Å². The Balaban J connectivity index is 2.00. The fourth-order valence-electron chi connectivity index (χ4n) is 2.06. The van der Waals surface area contributed by atoms with Crippen LogP contribution in [-0.4, -0.2) is 15.8 Å². The second-order valence-electron chi connectivity index (χ2n) is 4.14. The van der Waals surface area contributed by atoms with E-state index in [4.69, 9.17) is 0 Å². The number of rotatable bonds is 4. The van der Waals surface area contributed by atoms with Crippen LogP contribution in [0.5, 0.6) is 0 Å². The smallest absolute Gasteiger partial charge is 0.346 e. The zero-order valence-electron chi connectivity index (χ0n) is 10.0. The molecule has 0 aliphatic rings. The first-order valence-corrected chi connectivity index (χ1v) is 6.68. The van der Waals surface area contributed by atoms with Gasteiger partial charge in [-0.05, 0) is 23.6 Å². The van der Waals surface area contributed by atoms with E-state index in [1.807, 2.05) is 53.5 Å². The van der Waals surface area contributed by atoms with Crippen LogP contribution in [0.15, 0.2) is 48.8 Å². The molecule has 1 aromatic carbocycles. The lowest BCUT2D eigenvalue weighted by atomic mass is 10.1. The third kappa shape index (κ3) is 2.20. The Morgan fingerprint density at radius 1 is 1.21 bits per heavy atom. The van der Waals surface area contributed by atoms with Crippen molar-refractivity contribution in [1.29, 1.82) is 0 Å². The SMILES string of the molecule is O=C(O)c1sc2ccccc2c1CNn1cccc1. The number of nitrogens with one attached hydrogen (secondary N) is 1. The summed E-state index contributed by atoms with van der Waals surface area (Å²) in [6.07, 6.45) is 3.77. The van der Waals surface area contributed by atoms with Crippen LogP contribution in [0.3, 0.4) is 0 Å². The topological polar surface area (TPSA) is 54.3 Å². The number of hydrogen-bond acceptors (Lipinski definition) is 3. The number of fused-ring (bicyclic) bond motifs is 1. The van der Waals surface area contributed by atoms with Gasteiger partial charge in [-0.3, -0.25) is 4.68 Å². The Hall–Kier alpha value is -2.27. The fourth-order valence-corrected chi connectivity index (χ4v) is 3.12. The molecule has 0 spiro atoms. The van der Waals surface area contributed by atoms with E-state index in [2.05, 4.69) is 5.43 Å². The third-order valence-electron chi connectivity index (χ3n) is 2.94. The monoisotopic (exact) mass is 272 g/mol. The Morgan fingerprint density at radius 3 is 2.68 bits per heavy atom. The number of nitrogens with zero attached hydrogens (tertiary/aromatic N) is 1. The summed E-state index contributed by atoms with van der Waals surface area (Å²) in [7, 11) is 0. The molecule has 0 saturated heterocycles. The molecule has 5 heteroatoms. The molecule has 0 radical (unpaired) electrons. The first-order chi connectivity index (χ1) is 9.25. The molecule has 0 aliphatic heterocycles. The quantitative estimate of drug-likeness (QED) is 0.767. The lowest BCUT2D eigenvalue weighted by molar-refractivity contribution is 0.0701. The number of benzene rings is 1. The predicted molar refractivity (Wildman–Crippen MR) is 76.3 cm³/mol. The highest BCUT2D eigenvalue weighted by Gasteiger charge is 2.16. The van der Waals surface area contributed by atoms with Crippen LogP contribution in [0.1, 0.15) is 15.2 Å². The van der Waals surface area contributed by atoms with Crippen molar-refractivity contribution in [3.63, 3.8) is 0 Å². The van der Waals surface area contributed by atoms with E-state index in [1.54, 1.807) is 0 Å². The second kappa shape index (κ2) is 4.78. The van der Waals surface area contributed by atoms with Gasteiger partial charge < -0.3 is 10.5 Å². The maximum atomic E-state index is 11.3. The highest BCUT2D eigenvalue weighted by Crippen LogP contribution is 2.31. The molecule has 0 aliphatic carbocycles. The summed E-state index contributed by atoms with van der Waals surface area (Å²) >= 11 is 1.32. The standard InChI is InChI=1S/C14H12N2O2S/c17-14(18)13-11(9-15-16-7-3-4-8-16)10-5-1-2-6-12(10)19-13/h1-8,15H,9H2,(H,17,18). The molecule has 19 heavy (non-hydrogen) atoms. The minimum absolute atomic E-state index is 0.404. The van der Waals surface area contributed by atoms with Crippen molar-refractivity contribution >= 4 is 27.4 Å². The first-order valence-electron chi connectivity index (χ1n) is 5.86.